The highest BCUT2D eigenvalue weighted by Crippen LogP contribution is 2.34. The van der Waals surface area contributed by atoms with Gasteiger partial charge in [0.15, 0.2) is 5.82 Å². The average molecular weight is 374 g/mol. The molecule has 0 aliphatic carbocycles. The van der Waals surface area contributed by atoms with Crippen LogP contribution in [0.15, 0.2) is 42.9 Å². The van der Waals surface area contributed by atoms with Crippen LogP contribution in [0.1, 0.15) is 30.8 Å². The largest absolute Gasteiger partial charge is 0.508 e. The van der Waals surface area contributed by atoms with Crippen molar-refractivity contribution >= 4 is 11.0 Å². The van der Waals surface area contributed by atoms with Crippen LogP contribution in [0.2, 0.25) is 0 Å². The third kappa shape index (κ3) is 3.12. The molecule has 0 unspecified atom stereocenters. The standard InChI is InChI=1S/C22H22N4O2/c1-12-5-6-18(27)13(2)19(12)15-7-14-8-17(26-20(14)23-9-15)16-10-24-21(25-11-16)22(3,4)28/h5-11,27-28H,1-4H3,(H,23,26). The molecule has 0 saturated carbocycles. The number of aryl methyl sites for hydroxylation is 1. The van der Waals surface area contributed by atoms with Gasteiger partial charge in [-0.05, 0) is 62.6 Å². The van der Waals surface area contributed by atoms with E-state index in [0.717, 1.165) is 44.5 Å². The summed E-state index contributed by atoms with van der Waals surface area (Å²) in [6.45, 7) is 7.24. The van der Waals surface area contributed by atoms with Gasteiger partial charge in [-0.25, -0.2) is 15.0 Å². The monoisotopic (exact) mass is 374 g/mol. The number of nitrogens with zero attached hydrogens (tertiary/aromatic N) is 3. The number of hydrogen-bond donors (Lipinski definition) is 3. The first kappa shape index (κ1) is 18.1. The van der Waals surface area contributed by atoms with E-state index in [1.54, 1.807) is 32.3 Å². The molecule has 3 N–H and O–H groups in total. The maximum absolute atomic E-state index is 10.1. The molecule has 142 valence electrons. The van der Waals surface area contributed by atoms with Crippen LogP contribution >= 0.6 is 0 Å². The number of hydrogen-bond acceptors (Lipinski definition) is 5. The van der Waals surface area contributed by atoms with Crippen molar-refractivity contribution in [2.45, 2.75) is 33.3 Å². The van der Waals surface area contributed by atoms with Crippen LogP contribution in [0, 0.1) is 13.8 Å². The highest BCUT2D eigenvalue weighted by molar-refractivity contribution is 5.87. The second-order valence-electron chi connectivity index (χ2n) is 7.60. The third-order valence-corrected chi connectivity index (χ3v) is 4.91. The summed E-state index contributed by atoms with van der Waals surface area (Å²) in [5, 5.41) is 21.0. The van der Waals surface area contributed by atoms with E-state index in [1.807, 2.05) is 32.2 Å². The second kappa shape index (κ2) is 6.42. The number of fused-ring (bicyclic) bond motifs is 1. The Morgan fingerprint density at radius 2 is 1.61 bits per heavy atom. The number of aliphatic hydroxyl groups is 1. The van der Waals surface area contributed by atoms with Crippen LogP contribution in [0.3, 0.4) is 0 Å². The summed E-state index contributed by atoms with van der Waals surface area (Å²) in [5.74, 6) is 0.655. The Hall–Kier alpha value is -3.25. The number of phenolic OH excluding ortho intramolecular Hbond substituents is 1. The fourth-order valence-electron chi connectivity index (χ4n) is 3.37. The number of aromatic hydroxyl groups is 1. The van der Waals surface area contributed by atoms with E-state index in [-0.39, 0.29) is 5.75 Å². The lowest BCUT2D eigenvalue weighted by Crippen LogP contribution is -2.19. The van der Waals surface area contributed by atoms with E-state index in [1.165, 1.54) is 0 Å². The van der Waals surface area contributed by atoms with Crippen LogP contribution < -0.4 is 0 Å². The first-order valence-electron chi connectivity index (χ1n) is 9.07. The molecule has 6 heteroatoms. The summed E-state index contributed by atoms with van der Waals surface area (Å²) in [4.78, 5) is 16.4. The lowest BCUT2D eigenvalue weighted by Gasteiger charge is -2.14. The van der Waals surface area contributed by atoms with Crippen molar-refractivity contribution in [1.29, 1.82) is 0 Å². The Kier molecular flexibility index (Phi) is 4.16. The molecule has 0 fully saturated rings. The predicted molar refractivity (Wildman–Crippen MR) is 109 cm³/mol. The van der Waals surface area contributed by atoms with E-state index in [9.17, 15) is 10.2 Å². The van der Waals surface area contributed by atoms with Gasteiger partial charge in [-0.3, -0.25) is 0 Å². The minimum atomic E-state index is -1.08. The van der Waals surface area contributed by atoms with E-state index in [2.05, 4.69) is 26.0 Å². The van der Waals surface area contributed by atoms with E-state index < -0.39 is 5.60 Å². The van der Waals surface area contributed by atoms with Gasteiger partial charge < -0.3 is 15.2 Å². The fraction of sp³-hybridized carbons (Fsp3) is 0.227. The Bertz CT molecular complexity index is 1170. The van der Waals surface area contributed by atoms with E-state index in [4.69, 9.17) is 0 Å². The molecule has 28 heavy (non-hydrogen) atoms. The predicted octanol–water partition coefficient (Wildman–Crippen LogP) is 4.24. The lowest BCUT2D eigenvalue weighted by atomic mass is 9.96. The first-order valence-corrected chi connectivity index (χ1v) is 9.07. The summed E-state index contributed by atoms with van der Waals surface area (Å²) >= 11 is 0. The molecule has 0 aliphatic rings. The van der Waals surface area contributed by atoms with Gasteiger partial charge in [0, 0.05) is 35.1 Å². The molecule has 3 heterocycles. The normalized spacial score (nSPS) is 11.9. The maximum atomic E-state index is 10.1. The fourth-order valence-corrected chi connectivity index (χ4v) is 3.37. The molecule has 0 atom stereocenters. The molecule has 0 saturated heterocycles. The highest BCUT2D eigenvalue weighted by Gasteiger charge is 2.19. The van der Waals surface area contributed by atoms with Gasteiger partial charge in [-0.1, -0.05) is 6.07 Å². The molecule has 1 aromatic carbocycles. The molecule has 6 nitrogen and oxygen atoms in total. The number of nitrogens with one attached hydrogen (secondary N) is 1. The third-order valence-electron chi connectivity index (χ3n) is 4.91. The van der Waals surface area contributed by atoms with Crippen molar-refractivity contribution in [2.24, 2.45) is 0 Å². The zero-order valence-corrected chi connectivity index (χ0v) is 16.3. The lowest BCUT2D eigenvalue weighted by molar-refractivity contribution is 0.0687. The van der Waals surface area contributed by atoms with Gasteiger partial charge in [0.2, 0.25) is 0 Å². The zero-order chi connectivity index (χ0) is 20.1. The number of rotatable bonds is 3. The van der Waals surface area contributed by atoms with Crippen LogP contribution in [-0.2, 0) is 5.60 Å². The Labute approximate surface area is 163 Å². The van der Waals surface area contributed by atoms with Gasteiger partial charge in [-0.2, -0.15) is 0 Å². The summed E-state index contributed by atoms with van der Waals surface area (Å²) in [7, 11) is 0. The van der Waals surface area contributed by atoms with Gasteiger partial charge in [0.05, 0.1) is 5.69 Å². The van der Waals surface area contributed by atoms with Crippen molar-refractivity contribution in [3.05, 3.63) is 59.8 Å². The Morgan fingerprint density at radius 1 is 0.929 bits per heavy atom. The average Bonchev–Trinajstić information content (AvgIpc) is 3.08. The number of phenols is 1. The van der Waals surface area contributed by atoms with Crippen LogP contribution in [0.4, 0.5) is 0 Å². The molecular weight excluding hydrogens is 352 g/mol. The molecule has 4 aromatic rings. The quantitative estimate of drug-likeness (QED) is 0.499. The van der Waals surface area contributed by atoms with Crippen molar-refractivity contribution in [3.8, 4) is 28.1 Å². The molecule has 3 aromatic heterocycles. The topological polar surface area (TPSA) is 94.9 Å². The van der Waals surface area contributed by atoms with Crippen LogP contribution in [-0.4, -0.2) is 30.1 Å². The Morgan fingerprint density at radius 3 is 2.29 bits per heavy atom. The maximum Gasteiger partial charge on any atom is 0.159 e. The number of pyridine rings is 1. The molecule has 0 amide bonds. The molecule has 0 bridgehead atoms. The zero-order valence-electron chi connectivity index (χ0n) is 16.3. The molecule has 0 spiro atoms. The number of benzene rings is 1. The van der Waals surface area contributed by atoms with Gasteiger partial charge >= 0.3 is 0 Å². The van der Waals surface area contributed by atoms with E-state index in [0.29, 0.717) is 5.82 Å². The Balaban J connectivity index is 1.76. The van der Waals surface area contributed by atoms with Crippen LogP contribution in [0.25, 0.3) is 33.4 Å². The van der Waals surface area contributed by atoms with Crippen molar-refractivity contribution < 1.29 is 10.2 Å². The smallest absolute Gasteiger partial charge is 0.159 e. The highest BCUT2D eigenvalue weighted by atomic mass is 16.3. The number of aromatic nitrogens is 4. The number of aromatic amines is 1. The second-order valence-corrected chi connectivity index (χ2v) is 7.60. The van der Waals surface area contributed by atoms with Gasteiger partial charge in [0.25, 0.3) is 0 Å². The van der Waals surface area contributed by atoms with Crippen molar-refractivity contribution in [1.82, 2.24) is 19.9 Å². The number of H-pyrrole nitrogens is 1. The van der Waals surface area contributed by atoms with E-state index >= 15 is 0 Å². The molecule has 0 aliphatic heterocycles. The summed E-state index contributed by atoms with van der Waals surface area (Å²) < 4.78 is 0. The van der Waals surface area contributed by atoms with Crippen molar-refractivity contribution in [2.75, 3.05) is 0 Å². The minimum absolute atomic E-state index is 0.277. The van der Waals surface area contributed by atoms with Crippen molar-refractivity contribution in [3.63, 3.8) is 0 Å². The molecular formula is C22H22N4O2. The summed E-state index contributed by atoms with van der Waals surface area (Å²) in [6, 6.07) is 7.68. The SMILES string of the molecule is Cc1ccc(O)c(C)c1-c1cnc2[nH]c(-c3cnc(C(C)(C)O)nc3)cc2c1. The first-order chi connectivity index (χ1) is 13.2. The van der Waals surface area contributed by atoms with Gasteiger partial charge in [0.1, 0.15) is 17.0 Å². The summed E-state index contributed by atoms with van der Waals surface area (Å²) in [6.07, 6.45) is 5.19. The minimum Gasteiger partial charge on any atom is -0.508 e. The molecule has 4 rings (SSSR count). The molecule has 0 radical (unpaired) electrons. The summed E-state index contributed by atoms with van der Waals surface area (Å²) in [5.41, 5.74) is 5.24. The van der Waals surface area contributed by atoms with Gasteiger partial charge in [-0.15, -0.1) is 0 Å². The van der Waals surface area contributed by atoms with Crippen LogP contribution in [0.5, 0.6) is 5.75 Å².